The van der Waals surface area contributed by atoms with E-state index in [0.29, 0.717) is 31.9 Å². The average molecular weight is 406 g/mol. The predicted octanol–water partition coefficient (Wildman–Crippen LogP) is 5.00. The lowest BCUT2D eigenvalue weighted by Crippen LogP contribution is -2.38. The van der Waals surface area contributed by atoms with Gasteiger partial charge in [-0.15, -0.1) is 0 Å². The van der Waals surface area contributed by atoms with Crippen LogP contribution in [0.1, 0.15) is 16.7 Å². The fraction of sp³-hybridized carbons (Fsp3) is 0.231. The quantitative estimate of drug-likeness (QED) is 0.456. The zero-order valence-corrected chi connectivity index (χ0v) is 17.1. The molecule has 0 bridgehead atoms. The smallest absolute Gasteiger partial charge is 0.127 e. The summed E-state index contributed by atoms with van der Waals surface area (Å²) in [6.07, 6.45) is 2.14. The number of halogens is 1. The first-order valence-electron chi connectivity index (χ1n) is 10.1. The first-order chi connectivity index (χ1) is 14.7. The van der Waals surface area contributed by atoms with E-state index in [1.165, 1.54) is 23.3 Å². The van der Waals surface area contributed by atoms with Crippen molar-refractivity contribution in [2.75, 3.05) is 13.2 Å². The topological polar surface area (TPSA) is 32.7 Å². The van der Waals surface area contributed by atoms with Crippen LogP contribution in [0.25, 0.3) is 0 Å². The SMILES string of the molecule is C=CCOc1cc(F)cc(C[C@@H](CO)N(Cc2ccccc2)Cc2ccccc2)c1. The number of hydrogen-bond acceptors (Lipinski definition) is 3. The van der Waals surface area contributed by atoms with Gasteiger partial charge in [0, 0.05) is 25.2 Å². The minimum Gasteiger partial charge on any atom is -0.489 e. The van der Waals surface area contributed by atoms with Gasteiger partial charge in [-0.2, -0.15) is 0 Å². The molecule has 0 aliphatic heterocycles. The van der Waals surface area contributed by atoms with Crippen molar-refractivity contribution in [3.63, 3.8) is 0 Å². The Labute approximate surface area is 178 Å². The van der Waals surface area contributed by atoms with Gasteiger partial charge in [0.05, 0.1) is 6.61 Å². The van der Waals surface area contributed by atoms with E-state index in [1.807, 2.05) is 42.5 Å². The van der Waals surface area contributed by atoms with Gasteiger partial charge in [0.15, 0.2) is 0 Å². The van der Waals surface area contributed by atoms with Crippen LogP contribution >= 0.6 is 0 Å². The van der Waals surface area contributed by atoms with Crippen molar-refractivity contribution in [1.29, 1.82) is 0 Å². The molecule has 30 heavy (non-hydrogen) atoms. The maximum atomic E-state index is 14.1. The fourth-order valence-electron chi connectivity index (χ4n) is 3.51. The molecule has 4 heteroatoms. The molecule has 0 aromatic heterocycles. The van der Waals surface area contributed by atoms with Crippen molar-refractivity contribution in [2.24, 2.45) is 0 Å². The number of aliphatic hydroxyl groups excluding tert-OH is 1. The predicted molar refractivity (Wildman–Crippen MR) is 119 cm³/mol. The Morgan fingerprint density at radius 2 is 1.50 bits per heavy atom. The Bertz CT molecular complexity index is 873. The van der Waals surface area contributed by atoms with Crippen molar-refractivity contribution >= 4 is 0 Å². The number of rotatable bonds is 11. The Morgan fingerprint density at radius 3 is 2.03 bits per heavy atom. The van der Waals surface area contributed by atoms with Crippen LogP contribution in [0.2, 0.25) is 0 Å². The maximum Gasteiger partial charge on any atom is 0.127 e. The van der Waals surface area contributed by atoms with E-state index in [2.05, 4.69) is 35.7 Å². The summed E-state index contributed by atoms with van der Waals surface area (Å²) in [6.45, 7) is 5.30. The van der Waals surface area contributed by atoms with Crippen LogP contribution in [0.4, 0.5) is 4.39 Å². The molecule has 0 saturated carbocycles. The molecule has 1 atom stereocenters. The molecule has 0 spiro atoms. The van der Waals surface area contributed by atoms with E-state index in [1.54, 1.807) is 6.08 Å². The summed E-state index contributed by atoms with van der Waals surface area (Å²) in [7, 11) is 0. The lowest BCUT2D eigenvalue weighted by molar-refractivity contribution is 0.109. The number of ether oxygens (including phenoxy) is 1. The van der Waals surface area contributed by atoms with Gasteiger partial charge in [0.2, 0.25) is 0 Å². The van der Waals surface area contributed by atoms with Crippen LogP contribution in [-0.2, 0) is 19.5 Å². The van der Waals surface area contributed by atoms with Crippen LogP contribution in [0.5, 0.6) is 5.75 Å². The van der Waals surface area contributed by atoms with E-state index >= 15 is 0 Å². The van der Waals surface area contributed by atoms with Crippen molar-refractivity contribution in [1.82, 2.24) is 4.90 Å². The van der Waals surface area contributed by atoms with Crippen molar-refractivity contribution in [2.45, 2.75) is 25.6 Å². The number of hydrogen-bond donors (Lipinski definition) is 1. The summed E-state index contributed by atoms with van der Waals surface area (Å²) >= 11 is 0. The third kappa shape index (κ3) is 6.55. The summed E-state index contributed by atoms with van der Waals surface area (Å²) in [5.74, 6) is 0.125. The van der Waals surface area contributed by atoms with E-state index in [9.17, 15) is 9.50 Å². The third-order valence-electron chi connectivity index (χ3n) is 4.95. The largest absolute Gasteiger partial charge is 0.489 e. The molecule has 0 saturated heterocycles. The molecule has 3 nitrogen and oxygen atoms in total. The summed E-state index contributed by atoms with van der Waals surface area (Å²) in [4.78, 5) is 2.24. The summed E-state index contributed by atoms with van der Waals surface area (Å²) < 4.78 is 19.6. The lowest BCUT2D eigenvalue weighted by atomic mass is 10.0. The monoisotopic (exact) mass is 405 g/mol. The second-order valence-corrected chi connectivity index (χ2v) is 7.31. The molecule has 3 rings (SSSR count). The standard InChI is InChI=1S/C26H28FNO2/c1-2-13-30-26-16-23(14-24(27)17-26)15-25(20-29)28(18-21-9-5-3-6-10-21)19-22-11-7-4-8-12-22/h2-12,14,16-17,25,29H,1,13,15,18-20H2/t25-/m0/s1. The van der Waals surface area contributed by atoms with Crippen LogP contribution < -0.4 is 4.74 Å². The lowest BCUT2D eigenvalue weighted by Gasteiger charge is -2.31. The highest BCUT2D eigenvalue weighted by molar-refractivity contribution is 5.30. The van der Waals surface area contributed by atoms with Gasteiger partial charge in [-0.05, 0) is 35.2 Å². The molecule has 0 aliphatic carbocycles. The fourth-order valence-corrected chi connectivity index (χ4v) is 3.51. The second-order valence-electron chi connectivity index (χ2n) is 7.31. The summed E-state index contributed by atoms with van der Waals surface area (Å²) in [6, 6.07) is 24.9. The molecule has 1 N–H and O–H groups in total. The second kappa shape index (κ2) is 11.3. The minimum atomic E-state index is -0.346. The van der Waals surface area contributed by atoms with Gasteiger partial charge < -0.3 is 9.84 Å². The molecular formula is C26H28FNO2. The number of nitrogens with zero attached hydrogens (tertiary/aromatic N) is 1. The van der Waals surface area contributed by atoms with Gasteiger partial charge in [-0.3, -0.25) is 4.90 Å². The molecule has 3 aromatic carbocycles. The van der Waals surface area contributed by atoms with Crippen LogP contribution in [0.15, 0.2) is 91.5 Å². The molecule has 0 unspecified atom stereocenters. The highest BCUT2D eigenvalue weighted by Gasteiger charge is 2.20. The molecule has 0 amide bonds. The van der Waals surface area contributed by atoms with Gasteiger partial charge >= 0.3 is 0 Å². The Morgan fingerprint density at radius 1 is 0.900 bits per heavy atom. The molecule has 0 aliphatic rings. The van der Waals surface area contributed by atoms with Crippen LogP contribution in [0.3, 0.4) is 0 Å². The van der Waals surface area contributed by atoms with E-state index < -0.39 is 0 Å². The van der Waals surface area contributed by atoms with Crippen molar-refractivity contribution < 1.29 is 14.2 Å². The van der Waals surface area contributed by atoms with E-state index in [4.69, 9.17) is 4.74 Å². The molecule has 0 fully saturated rings. The molecule has 0 heterocycles. The molecular weight excluding hydrogens is 377 g/mol. The normalized spacial score (nSPS) is 12.0. The molecule has 0 radical (unpaired) electrons. The van der Waals surface area contributed by atoms with Crippen LogP contribution in [-0.4, -0.2) is 29.3 Å². The first kappa shape index (κ1) is 21.8. The number of aliphatic hydroxyl groups is 1. The van der Waals surface area contributed by atoms with E-state index in [-0.39, 0.29) is 18.5 Å². The van der Waals surface area contributed by atoms with Gasteiger partial charge in [0.25, 0.3) is 0 Å². The zero-order chi connectivity index (χ0) is 21.2. The number of benzene rings is 3. The summed E-state index contributed by atoms with van der Waals surface area (Å²) in [5, 5.41) is 10.2. The highest BCUT2D eigenvalue weighted by Crippen LogP contribution is 2.21. The zero-order valence-electron chi connectivity index (χ0n) is 17.1. The van der Waals surface area contributed by atoms with Crippen LogP contribution in [0, 0.1) is 5.82 Å². The summed E-state index contributed by atoms with van der Waals surface area (Å²) in [5.41, 5.74) is 3.13. The Balaban J connectivity index is 1.82. The van der Waals surface area contributed by atoms with Crippen molar-refractivity contribution in [3.05, 3.63) is 114 Å². The minimum absolute atomic E-state index is 0.0287. The molecule has 156 valence electrons. The maximum absolute atomic E-state index is 14.1. The average Bonchev–Trinajstić information content (AvgIpc) is 2.77. The molecule has 3 aromatic rings. The third-order valence-corrected chi connectivity index (χ3v) is 4.95. The highest BCUT2D eigenvalue weighted by atomic mass is 19.1. The van der Waals surface area contributed by atoms with E-state index in [0.717, 1.165) is 5.56 Å². The van der Waals surface area contributed by atoms with Gasteiger partial charge in [0.1, 0.15) is 18.2 Å². The van der Waals surface area contributed by atoms with Gasteiger partial charge in [-0.1, -0.05) is 73.3 Å². The first-order valence-corrected chi connectivity index (χ1v) is 10.1. The Hall–Kier alpha value is -2.95. The Kier molecular flexibility index (Phi) is 8.19. The van der Waals surface area contributed by atoms with Crippen molar-refractivity contribution in [3.8, 4) is 5.75 Å². The van der Waals surface area contributed by atoms with Gasteiger partial charge in [-0.25, -0.2) is 4.39 Å².